The summed E-state index contributed by atoms with van der Waals surface area (Å²) in [5.74, 6) is 3.49. The van der Waals surface area contributed by atoms with Crippen LogP contribution in [0.2, 0.25) is 0 Å². The van der Waals surface area contributed by atoms with Gasteiger partial charge in [0.1, 0.15) is 0 Å². The van der Waals surface area contributed by atoms with Gasteiger partial charge in [0.25, 0.3) is 0 Å². The molecule has 0 saturated carbocycles. The van der Waals surface area contributed by atoms with Crippen LogP contribution in [0, 0.1) is 0 Å². The quantitative estimate of drug-likeness (QED) is 0.135. The topological polar surface area (TPSA) is 188 Å². The van der Waals surface area contributed by atoms with Crippen molar-refractivity contribution >= 4 is 37.3 Å². The van der Waals surface area contributed by atoms with Crippen molar-refractivity contribution in [2.75, 3.05) is 78.5 Å². The molecule has 0 aliphatic carbocycles. The van der Waals surface area contributed by atoms with E-state index in [-0.39, 0.29) is 0 Å². The molecule has 21 aliphatic rings. The molecule has 6 aromatic carbocycles. The van der Waals surface area contributed by atoms with Crippen LogP contribution in [0.1, 0.15) is 33.4 Å². The number of aromatic nitrogens is 6. The second-order valence-electron chi connectivity index (χ2n) is 17.8. The van der Waals surface area contributed by atoms with Crippen LogP contribution >= 0.6 is 0 Å². The lowest BCUT2D eigenvalue weighted by atomic mass is 10.1. The Morgan fingerprint density at radius 3 is 0.493 bits per heavy atom. The summed E-state index contributed by atoms with van der Waals surface area (Å²) in [5.41, 5.74) is 11.2. The molecule has 15 heteroatoms. The Hall–Kier alpha value is -8.76. The van der Waals surface area contributed by atoms with Gasteiger partial charge in [-0.3, -0.25) is 30.0 Å². The van der Waals surface area contributed by atoms with Crippen molar-refractivity contribution in [1.29, 1.82) is 0 Å². The van der Waals surface area contributed by atoms with Gasteiger partial charge in [-0.1, -0.05) is 146 Å². The van der Waals surface area contributed by atoms with Gasteiger partial charge >= 0.3 is 0 Å². The molecule has 0 radical (unpaired) electrons. The highest BCUT2D eigenvalue weighted by Gasteiger charge is 2.15. The van der Waals surface area contributed by atoms with Crippen LogP contribution in [0.3, 0.4) is 0 Å². The minimum atomic E-state index is 0.582. The largest absolute Gasteiger partial charge is 0.313 e. The van der Waals surface area contributed by atoms with Gasteiger partial charge in [0.15, 0.2) is 34.9 Å². The summed E-state index contributed by atoms with van der Waals surface area (Å²) in [6.07, 6.45) is 11.4. The first-order chi connectivity index (χ1) is 37.1. The molecule has 29 rings (SSSR count). The maximum absolute atomic E-state index is 4.99. The van der Waals surface area contributed by atoms with Gasteiger partial charge in [-0.25, -0.2) is 29.9 Å². The number of aliphatic imine (C=N–C) groups is 6. The maximum atomic E-state index is 4.99. The Bertz CT molecular complexity index is 2710. The maximum Gasteiger partial charge on any atom is 0.164 e. The van der Waals surface area contributed by atoms with Crippen molar-refractivity contribution in [3.8, 4) is 68.3 Å². The lowest BCUT2D eigenvalue weighted by Crippen LogP contribution is -2.20. The van der Waals surface area contributed by atoms with Crippen molar-refractivity contribution in [2.24, 2.45) is 30.0 Å². The molecule has 8 aromatic rings. The summed E-state index contributed by atoms with van der Waals surface area (Å²) in [4.78, 5) is 58.0. The number of rotatable bonds is 0. The molecule has 15 nitrogen and oxygen atoms in total. The number of benzene rings is 6. The Kier molecular flexibility index (Phi) is 17.1. The average molecular weight is 988 g/mol. The van der Waals surface area contributed by atoms with Crippen LogP contribution in [0.15, 0.2) is 176 Å². The van der Waals surface area contributed by atoms with E-state index in [9.17, 15) is 0 Å². The van der Waals surface area contributed by atoms with Crippen molar-refractivity contribution in [1.82, 2.24) is 45.9 Å². The van der Waals surface area contributed by atoms with Crippen molar-refractivity contribution in [3.63, 3.8) is 0 Å². The van der Waals surface area contributed by atoms with E-state index >= 15 is 0 Å². The van der Waals surface area contributed by atoms with Crippen LogP contribution in [-0.2, 0) is 0 Å². The summed E-state index contributed by atoms with van der Waals surface area (Å²) < 4.78 is 0. The van der Waals surface area contributed by atoms with Crippen molar-refractivity contribution < 1.29 is 0 Å². The van der Waals surface area contributed by atoms with E-state index in [2.05, 4.69) is 45.9 Å². The van der Waals surface area contributed by atoms with Gasteiger partial charge in [-0.05, 0) is 33.4 Å². The summed E-state index contributed by atoms with van der Waals surface area (Å²) in [7, 11) is 0. The Morgan fingerprint density at radius 2 is 0.347 bits per heavy atom. The molecular weight excluding hydrogens is 931 g/mol. The molecule has 0 fully saturated rings. The molecule has 23 heterocycles. The Balaban J connectivity index is 0.955. The van der Waals surface area contributed by atoms with Gasteiger partial charge in [-0.15, -0.1) is 0 Å². The predicted octanol–water partition coefficient (Wildman–Crippen LogP) is 8.07. The van der Waals surface area contributed by atoms with Crippen LogP contribution in [0.5, 0.6) is 0 Å². The molecule has 18 bridgehead atoms. The molecule has 2 aromatic heterocycles. The highest BCUT2D eigenvalue weighted by atomic mass is 15.0. The zero-order chi connectivity index (χ0) is 50.7. The molecule has 372 valence electrons. The zero-order valence-corrected chi connectivity index (χ0v) is 41.7. The Morgan fingerprint density at radius 1 is 0.200 bits per heavy atom. The predicted molar refractivity (Wildman–Crippen MR) is 306 cm³/mol. The molecule has 75 heavy (non-hydrogen) atoms. The van der Waals surface area contributed by atoms with E-state index in [0.29, 0.717) is 74.2 Å². The molecular formula is C60H57N15. The van der Waals surface area contributed by atoms with Gasteiger partial charge in [0.2, 0.25) is 0 Å². The number of hydrogen-bond acceptors (Lipinski definition) is 15. The number of nitrogens with one attached hydrogen (secondary N) is 3. The minimum absolute atomic E-state index is 0.582. The number of nitrogens with zero attached hydrogens (tertiary/aromatic N) is 12. The standard InChI is InChI=1S/C60H57N15/c1-13-49-14-2-43(1)37-64-31-25-61-26-32-65-40-46-7-19-52(20-8-46)58-73-59-53-21-9-47(10-22-53)41-68-35-29-62-27-33-66-38-44-3-15-50(16-4-44)56-70-55(49)71-57(72-56)51-17-5-45(6-18-51)39-67-34-28-63-30-36-69-42-48-11-23-54(24-12-48)60(74-58)75-59/h1-24,37-42,61-63H,25-36H2. The lowest BCUT2D eigenvalue weighted by molar-refractivity contribution is 0.699. The first-order valence-corrected chi connectivity index (χ1v) is 25.4. The first kappa shape index (κ1) is 49.8. The second kappa shape index (κ2) is 25.8. The molecule has 0 spiro atoms. The van der Waals surface area contributed by atoms with E-state index in [1.165, 1.54) is 0 Å². The third-order valence-electron chi connectivity index (χ3n) is 12.2. The van der Waals surface area contributed by atoms with Crippen LogP contribution in [0.4, 0.5) is 0 Å². The average Bonchev–Trinajstić information content (AvgIpc) is 3.46. The SMILES string of the molecule is C1=NCCNCCN=Cc2ccc(cc2)-c2nc3nc(n2)-c2ccc(cc2)C=NCCNCCN=Cc2ccc(cc2)-c2nc(nc(n2)-c2ccc(cc2)C=NCCNCCN=Cc2ccc-3cc2)-c2ccc1cc2. The van der Waals surface area contributed by atoms with Crippen LogP contribution in [0.25, 0.3) is 68.3 Å². The fraction of sp³-hybridized carbons (Fsp3) is 0.200. The van der Waals surface area contributed by atoms with Crippen molar-refractivity contribution in [3.05, 3.63) is 179 Å². The minimum Gasteiger partial charge on any atom is -0.313 e. The van der Waals surface area contributed by atoms with Gasteiger partial charge < -0.3 is 16.0 Å². The molecule has 0 saturated heterocycles. The first-order valence-electron chi connectivity index (χ1n) is 25.4. The zero-order valence-electron chi connectivity index (χ0n) is 41.7. The normalized spacial score (nSPS) is 14.9. The lowest BCUT2D eigenvalue weighted by Gasteiger charge is -2.09. The van der Waals surface area contributed by atoms with Gasteiger partial charge in [0, 0.05) is 110 Å². The second-order valence-corrected chi connectivity index (χ2v) is 17.8. The van der Waals surface area contributed by atoms with E-state index < -0.39 is 0 Å². The third kappa shape index (κ3) is 14.3. The van der Waals surface area contributed by atoms with E-state index in [1.54, 1.807) is 0 Å². The fourth-order valence-electron chi connectivity index (χ4n) is 8.09. The molecule has 0 amide bonds. The summed E-state index contributed by atoms with van der Waals surface area (Å²) in [6.45, 7) is 8.23. The van der Waals surface area contributed by atoms with Gasteiger partial charge in [0.05, 0.1) is 39.3 Å². The van der Waals surface area contributed by atoms with E-state index in [0.717, 1.165) is 106 Å². The monoisotopic (exact) mass is 987 g/mol. The Labute approximate surface area is 437 Å². The highest BCUT2D eigenvalue weighted by Crippen LogP contribution is 2.27. The highest BCUT2D eigenvalue weighted by molar-refractivity contribution is 5.85. The molecule has 21 aliphatic heterocycles. The summed E-state index contributed by atoms with van der Waals surface area (Å²) in [5, 5.41) is 10.3. The molecule has 0 atom stereocenters. The third-order valence-corrected chi connectivity index (χ3v) is 12.2. The molecule has 0 unspecified atom stereocenters. The molecule has 3 N–H and O–H groups in total. The van der Waals surface area contributed by atoms with Gasteiger partial charge in [-0.2, -0.15) is 0 Å². The van der Waals surface area contributed by atoms with Crippen LogP contribution in [-0.4, -0.2) is 146 Å². The van der Waals surface area contributed by atoms with Crippen molar-refractivity contribution in [2.45, 2.75) is 0 Å². The van der Waals surface area contributed by atoms with E-state index in [4.69, 9.17) is 29.9 Å². The summed E-state index contributed by atoms with van der Waals surface area (Å²) >= 11 is 0. The fourth-order valence-corrected chi connectivity index (χ4v) is 8.09. The van der Waals surface area contributed by atoms with Crippen LogP contribution < -0.4 is 16.0 Å². The smallest absolute Gasteiger partial charge is 0.164 e. The van der Waals surface area contributed by atoms with E-state index in [1.807, 2.05) is 183 Å². The number of hydrogen-bond donors (Lipinski definition) is 3. The summed E-state index contributed by atoms with van der Waals surface area (Å²) in [6, 6.07) is 48.8.